The lowest BCUT2D eigenvalue weighted by atomic mass is 10.2. The highest BCUT2D eigenvalue weighted by molar-refractivity contribution is 5.86. The Morgan fingerprint density at radius 1 is 0.704 bits per heavy atom. The van der Waals surface area contributed by atoms with Crippen molar-refractivity contribution in [1.82, 2.24) is 4.57 Å². The maximum atomic E-state index is 6.06. The van der Waals surface area contributed by atoms with E-state index in [9.17, 15) is 0 Å². The first kappa shape index (κ1) is 17.2. The van der Waals surface area contributed by atoms with Gasteiger partial charge in [0.05, 0.1) is 12.1 Å². The first-order chi connectivity index (χ1) is 13.4. The van der Waals surface area contributed by atoms with Crippen molar-refractivity contribution in [2.24, 2.45) is 0 Å². The van der Waals surface area contributed by atoms with E-state index in [1.807, 2.05) is 54.6 Å². The summed E-state index contributed by atoms with van der Waals surface area (Å²) in [5, 5.41) is 1.15. The molecule has 0 radical (unpaired) electrons. The minimum Gasteiger partial charge on any atom is -0.494 e. The number of para-hydroxylation sites is 1. The van der Waals surface area contributed by atoms with E-state index in [1.165, 1.54) is 11.1 Å². The molecule has 0 N–H and O–H groups in total. The molecule has 0 spiro atoms. The van der Waals surface area contributed by atoms with Gasteiger partial charge < -0.3 is 14.0 Å². The van der Waals surface area contributed by atoms with E-state index in [1.54, 1.807) is 0 Å². The Morgan fingerprint density at radius 2 is 1.48 bits per heavy atom. The van der Waals surface area contributed by atoms with Crippen molar-refractivity contribution in [1.29, 1.82) is 0 Å². The second-order valence-corrected chi connectivity index (χ2v) is 6.49. The van der Waals surface area contributed by atoms with E-state index >= 15 is 0 Å². The van der Waals surface area contributed by atoms with Crippen LogP contribution in [-0.4, -0.2) is 11.2 Å². The van der Waals surface area contributed by atoms with Gasteiger partial charge in [-0.2, -0.15) is 0 Å². The van der Waals surface area contributed by atoms with Crippen LogP contribution in [0.25, 0.3) is 10.9 Å². The zero-order chi connectivity index (χ0) is 18.3. The molecule has 4 rings (SSSR count). The Labute approximate surface area is 159 Å². The van der Waals surface area contributed by atoms with Gasteiger partial charge in [-0.1, -0.05) is 54.6 Å². The van der Waals surface area contributed by atoms with Crippen molar-refractivity contribution in [2.45, 2.75) is 19.6 Å². The Hall–Kier alpha value is -3.20. The van der Waals surface area contributed by atoms with Gasteiger partial charge in [0.2, 0.25) is 0 Å². The average Bonchev–Trinajstić information content (AvgIpc) is 3.15. The second-order valence-electron chi connectivity index (χ2n) is 6.49. The van der Waals surface area contributed by atoms with E-state index in [2.05, 4.69) is 41.1 Å². The standard InChI is InChI=1S/C24H23NO2/c1-3-9-20(10-4-1)19-27-24-14-7-13-23-22(24)15-17-25(23)16-8-18-26-21-11-5-2-6-12-21/h1-7,9-15,17H,8,16,18-19H2. The lowest BCUT2D eigenvalue weighted by Crippen LogP contribution is -2.03. The van der Waals surface area contributed by atoms with Gasteiger partial charge in [-0.15, -0.1) is 0 Å². The third kappa shape index (κ3) is 4.32. The Bertz CT molecular complexity index is 977. The van der Waals surface area contributed by atoms with Crippen LogP contribution in [0.2, 0.25) is 0 Å². The number of nitrogens with zero attached hydrogens (tertiary/aromatic N) is 1. The fourth-order valence-electron chi connectivity index (χ4n) is 3.19. The van der Waals surface area contributed by atoms with Crippen LogP contribution in [0.15, 0.2) is 91.1 Å². The summed E-state index contributed by atoms with van der Waals surface area (Å²) < 4.78 is 14.1. The van der Waals surface area contributed by atoms with Crippen LogP contribution in [0.3, 0.4) is 0 Å². The first-order valence-corrected chi connectivity index (χ1v) is 9.32. The molecular formula is C24H23NO2. The van der Waals surface area contributed by atoms with E-state index in [4.69, 9.17) is 9.47 Å². The number of rotatable bonds is 8. The van der Waals surface area contributed by atoms with E-state index < -0.39 is 0 Å². The number of aryl methyl sites for hydroxylation is 1. The molecule has 0 aliphatic rings. The minimum absolute atomic E-state index is 0.579. The van der Waals surface area contributed by atoms with Crippen molar-refractivity contribution in [3.05, 3.63) is 96.7 Å². The van der Waals surface area contributed by atoms with E-state index in [0.717, 1.165) is 29.9 Å². The van der Waals surface area contributed by atoms with Crippen LogP contribution < -0.4 is 9.47 Å². The molecule has 0 saturated carbocycles. The molecule has 0 amide bonds. The summed E-state index contributed by atoms with van der Waals surface area (Å²) in [6.07, 6.45) is 3.08. The molecule has 136 valence electrons. The summed E-state index contributed by atoms with van der Waals surface area (Å²) in [7, 11) is 0. The third-order valence-corrected chi connectivity index (χ3v) is 4.57. The summed E-state index contributed by atoms with van der Waals surface area (Å²) in [4.78, 5) is 0. The Kier molecular flexibility index (Phi) is 5.39. The second kappa shape index (κ2) is 8.45. The van der Waals surface area contributed by atoms with Crippen molar-refractivity contribution in [2.75, 3.05) is 6.61 Å². The molecule has 0 saturated heterocycles. The highest BCUT2D eigenvalue weighted by Gasteiger charge is 2.07. The smallest absolute Gasteiger partial charge is 0.129 e. The molecule has 27 heavy (non-hydrogen) atoms. The van der Waals surface area contributed by atoms with Crippen LogP contribution in [0.1, 0.15) is 12.0 Å². The molecule has 1 heterocycles. The molecule has 0 aliphatic carbocycles. The van der Waals surface area contributed by atoms with Crippen LogP contribution in [0.4, 0.5) is 0 Å². The number of aromatic nitrogens is 1. The maximum Gasteiger partial charge on any atom is 0.129 e. The fourth-order valence-corrected chi connectivity index (χ4v) is 3.19. The number of ether oxygens (including phenoxy) is 2. The molecule has 0 unspecified atom stereocenters. The molecule has 0 atom stereocenters. The van der Waals surface area contributed by atoms with Crippen molar-refractivity contribution in [3.8, 4) is 11.5 Å². The number of hydrogen-bond donors (Lipinski definition) is 0. The number of benzene rings is 3. The normalized spacial score (nSPS) is 10.8. The van der Waals surface area contributed by atoms with Gasteiger partial charge in [-0.3, -0.25) is 0 Å². The van der Waals surface area contributed by atoms with Crippen molar-refractivity contribution < 1.29 is 9.47 Å². The van der Waals surface area contributed by atoms with Gasteiger partial charge in [0.25, 0.3) is 0 Å². The summed E-state index contributed by atoms with van der Waals surface area (Å²) >= 11 is 0. The molecule has 3 nitrogen and oxygen atoms in total. The molecule has 4 aromatic rings. The molecular weight excluding hydrogens is 334 g/mol. The van der Waals surface area contributed by atoms with Crippen LogP contribution >= 0.6 is 0 Å². The van der Waals surface area contributed by atoms with Gasteiger partial charge in [-0.25, -0.2) is 0 Å². The maximum absolute atomic E-state index is 6.06. The Balaban J connectivity index is 1.38. The van der Waals surface area contributed by atoms with Crippen molar-refractivity contribution in [3.63, 3.8) is 0 Å². The van der Waals surface area contributed by atoms with Crippen LogP contribution in [0, 0.1) is 0 Å². The predicted molar refractivity (Wildman–Crippen MR) is 109 cm³/mol. The van der Waals surface area contributed by atoms with Gasteiger partial charge >= 0.3 is 0 Å². The third-order valence-electron chi connectivity index (χ3n) is 4.57. The highest BCUT2D eigenvalue weighted by atomic mass is 16.5. The van der Waals surface area contributed by atoms with Crippen molar-refractivity contribution >= 4 is 10.9 Å². The van der Waals surface area contributed by atoms with Crippen LogP contribution in [0.5, 0.6) is 11.5 Å². The SMILES string of the molecule is c1ccc(COc2cccc3c2ccn3CCCOc2ccccc2)cc1. The summed E-state index contributed by atoms with van der Waals surface area (Å²) in [5.41, 5.74) is 2.37. The van der Waals surface area contributed by atoms with Gasteiger partial charge in [0, 0.05) is 18.1 Å². The largest absolute Gasteiger partial charge is 0.494 e. The molecule has 0 aliphatic heterocycles. The predicted octanol–water partition coefficient (Wildman–Crippen LogP) is 5.69. The zero-order valence-electron chi connectivity index (χ0n) is 15.3. The number of hydrogen-bond acceptors (Lipinski definition) is 2. The quantitative estimate of drug-likeness (QED) is 0.378. The summed E-state index contributed by atoms with van der Waals surface area (Å²) in [5.74, 6) is 1.85. The lowest BCUT2D eigenvalue weighted by Gasteiger charge is -2.10. The molecule has 0 fully saturated rings. The topological polar surface area (TPSA) is 23.4 Å². The average molecular weight is 357 g/mol. The van der Waals surface area contributed by atoms with Crippen LogP contribution in [-0.2, 0) is 13.2 Å². The zero-order valence-corrected chi connectivity index (χ0v) is 15.3. The van der Waals surface area contributed by atoms with E-state index in [-0.39, 0.29) is 0 Å². The van der Waals surface area contributed by atoms with E-state index in [0.29, 0.717) is 13.2 Å². The lowest BCUT2D eigenvalue weighted by molar-refractivity contribution is 0.302. The monoisotopic (exact) mass is 357 g/mol. The molecule has 3 aromatic carbocycles. The molecule has 1 aromatic heterocycles. The summed E-state index contributed by atoms with van der Waals surface area (Å²) in [6, 6.07) is 28.6. The van der Waals surface area contributed by atoms with Gasteiger partial charge in [0.1, 0.15) is 18.1 Å². The first-order valence-electron chi connectivity index (χ1n) is 9.32. The van der Waals surface area contributed by atoms with Gasteiger partial charge in [0.15, 0.2) is 0 Å². The summed E-state index contributed by atoms with van der Waals surface area (Å²) in [6.45, 7) is 2.20. The minimum atomic E-state index is 0.579. The molecule has 3 heteroatoms. The number of fused-ring (bicyclic) bond motifs is 1. The van der Waals surface area contributed by atoms with Gasteiger partial charge in [-0.05, 0) is 42.3 Å². The highest BCUT2D eigenvalue weighted by Crippen LogP contribution is 2.27. The molecule has 0 bridgehead atoms. The fraction of sp³-hybridized carbons (Fsp3) is 0.167. The Morgan fingerprint density at radius 3 is 2.30 bits per heavy atom.